The van der Waals surface area contributed by atoms with Crippen molar-refractivity contribution in [3.8, 4) is 33.9 Å². The van der Waals surface area contributed by atoms with E-state index in [2.05, 4.69) is 95.1 Å². The largest absolute Gasteiger partial charge is 0.454 e. The fourth-order valence-electron chi connectivity index (χ4n) is 6.82. The second-order valence-electron chi connectivity index (χ2n) is 14.6. The Morgan fingerprint density at radius 1 is 0.562 bits per heavy atom. The van der Waals surface area contributed by atoms with Gasteiger partial charge in [0.25, 0.3) is 0 Å². The molecule has 0 saturated carbocycles. The van der Waals surface area contributed by atoms with Crippen LogP contribution in [0.1, 0.15) is 75.1 Å². The molecule has 0 fully saturated rings. The summed E-state index contributed by atoms with van der Waals surface area (Å²) in [7, 11) is 0. The first kappa shape index (κ1) is 31.4. The molecule has 5 heteroatoms. The molecule has 0 spiro atoms. The fraction of sp³-hybridized carbons (Fsp3) is 0.209. The van der Waals surface area contributed by atoms with E-state index in [1.165, 1.54) is 17.2 Å². The molecule has 3 nitrogen and oxygen atoms in total. The van der Waals surface area contributed by atoms with Crippen LogP contribution in [0.3, 0.4) is 0 Å². The molecule has 2 heterocycles. The van der Waals surface area contributed by atoms with Crippen molar-refractivity contribution in [2.75, 3.05) is 0 Å². The van der Waals surface area contributed by atoms with Gasteiger partial charge in [-0.1, -0.05) is 102 Å². The molecule has 0 amide bonds. The van der Waals surface area contributed by atoms with Gasteiger partial charge < -0.3 is 4.74 Å². The Kier molecular flexibility index (Phi) is 7.54. The molecule has 0 atom stereocenters. The van der Waals surface area contributed by atoms with Gasteiger partial charge in [-0.3, -0.25) is 9.97 Å². The van der Waals surface area contributed by atoms with E-state index in [9.17, 15) is 4.39 Å². The molecule has 240 valence electrons. The van der Waals surface area contributed by atoms with E-state index >= 15 is 4.39 Å². The zero-order valence-electron chi connectivity index (χ0n) is 28.1. The minimum absolute atomic E-state index is 0.0849. The lowest BCUT2D eigenvalue weighted by molar-refractivity contribution is 0.437. The van der Waals surface area contributed by atoms with Crippen molar-refractivity contribution >= 4 is 0 Å². The molecule has 1 aliphatic carbocycles. The van der Waals surface area contributed by atoms with E-state index in [1.807, 2.05) is 30.5 Å². The van der Waals surface area contributed by atoms with Crippen LogP contribution in [0.25, 0.3) is 22.4 Å². The molecule has 0 unspecified atom stereocenters. The second-order valence-corrected chi connectivity index (χ2v) is 14.6. The van der Waals surface area contributed by atoms with E-state index in [0.29, 0.717) is 11.4 Å². The van der Waals surface area contributed by atoms with Crippen LogP contribution in [0, 0.1) is 11.6 Å². The molecule has 6 aromatic rings. The number of rotatable bonds is 5. The van der Waals surface area contributed by atoms with Crippen molar-refractivity contribution in [2.24, 2.45) is 0 Å². The van der Waals surface area contributed by atoms with Crippen LogP contribution < -0.4 is 4.74 Å². The number of pyridine rings is 2. The Bertz CT molecular complexity index is 2080. The number of aromatic nitrogens is 2. The van der Waals surface area contributed by atoms with E-state index in [1.54, 1.807) is 30.5 Å². The topological polar surface area (TPSA) is 35.0 Å². The Balaban J connectivity index is 1.47. The molecular formula is C43H38F2N2O. The number of nitrogens with zero attached hydrogens (tertiary/aromatic N) is 2. The van der Waals surface area contributed by atoms with Crippen molar-refractivity contribution in [3.05, 3.63) is 167 Å². The smallest absolute Gasteiger partial charge is 0.168 e. The van der Waals surface area contributed by atoms with Gasteiger partial charge in [-0.25, -0.2) is 8.78 Å². The van der Waals surface area contributed by atoms with Crippen molar-refractivity contribution in [2.45, 2.75) is 57.8 Å². The standard InChI is InChI=1S/C43H38F2N2O/c1-41(2,3)27-16-18-31-32-19-17-28(42(4,5)6)24-35(32)43(34(31)23-27,40-15-8-10-21-47-40)29-12-11-13-30(22-29)48-39-25-33(36(44)26-37(39)45)38-14-7-9-20-46-38/h7-26H,1-6H3. The predicted molar refractivity (Wildman–Crippen MR) is 189 cm³/mol. The van der Waals surface area contributed by atoms with Crippen molar-refractivity contribution < 1.29 is 13.5 Å². The van der Waals surface area contributed by atoms with Crippen LogP contribution in [0.5, 0.6) is 11.5 Å². The Labute approximate surface area is 281 Å². The molecule has 0 radical (unpaired) electrons. The Morgan fingerprint density at radius 2 is 1.19 bits per heavy atom. The lowest BCUT2D eigenvalue weighted by Crippen LogP contribution is -2.30. The Morgan fingerprint density at radius 3 is 1.75 bits per heavy atom. The molecule has 0 N–H and O–H groups in total. The summed E-state index contributed by atoms with van der Waals surface area (Å²) < 4.78 is 36.5. The normalized spacial score (nSPS) is 13.6. The highest BCUT2D eigenvalue weighted by Gasteiger charge is 2.48. The van der Waals surface area contributed by atoms with Gasteiger partial charge in [-0.05, 0) is 92.2 Å². The van der Waals surface area contributed by atoms with Crippen LogP contribution in [-0.4, -0.2) is 9.97 Å². The molecule has 0 bridgehead atoms. The molecule has 7 rings (SSSR count). The molecule has 0 aliphatic heterocycles. The molecule has 4 aromatic carbocycles. The van der Waals surface area contributed by atoms with Gasteiger partial charge in [0, 0.05) is 24.0 Å². The number of ether oxygens (including phenoxy) is 1. The summed E-state index contributed by atoms with van der Waals surface area (Å²) in [5, 5.41) is 0. The summed E-state index contributed by atoms with van der Waals surface area (Å²) in [5.74, 6) is -1.16. The molecule has 48 heavy (non-hydrogen) atoms. The fourth-order valence-corrected chi connectivity index (χ4v) is 6.82. The van der Waals surface area contributed by atoms with Gasteiger partial charge in [0.1, 0.15) is 11.6 Å². The number of hydrogen-bond donors (Lipinski definition) is 0. The van der Waals surface area contributed by atoms with Crippen molar-refractivity contribution in [1.82, 2.24) is 9.97 Å². The van der Waals surface area contributed by atoms with E-state index in [4.69, 9.17) is 9.72 Å². The lowest BCUT2D eigenvalue weighted by atomic mass is 9.68. The van der Waals surface area contributed by atoms with Crippen molar-refractivity contribution in [3.63, 3.8) is 0 Å². The van der Waals surface area contributed by atoms with Gasteiger partial charge >= 0.3 is 0 Å². The van der Waals surface area contributed by atoms with Crippen LogP contribution in [0.4, 0.5) is 8.78 Å². The maximum absolute atomic E-state index is 15.3. The first-order valence-corrected chi connectivity index (χ1v) is 16.3. The summed E-state index contributed by atoms with van der Waals surface area (Å²) in [6.45, 7) is 13.3. The first-order valence-electron chi connectivity index (χ1n) is 16.3. The average Bonchev–Trinajstić information content (AvgIpc) is 3.36. The highest BCUT2D eigenvalue weighted by molar-refractivity contribution is 5.86. The number of halogens is 2. The van der Waals surface area contributed by atoms with Gasteiger partial charge in [0.15, 0.2) is 11.6 Å². The zero-order valence-corrected chi connectivity index (χ0v) is 28.1. The van der Waals surface area contributed by atoms with Crippen LogP contribution >= 0.6 is 0 Å². The lowest BCUT2D eigenvalue weighted by Gasteiger charge is -2.34. The molecule has 2 aromatic heterocycles. The summed E-state index contributed by atoms with van der Waals surface area (Å²) >= 11 is 0. The maximum Gasteiger partial charge on any atom is 0.168 e. The highest BCUT2D eigenvalue weighted by Crippen LogP contribution is 2.57. The summed E-state index contributed by atoms with van der Waals surface area (Å²) in [6.07, 6.45) is 3.41. The Hall–Kier alpha value is -5.16. The minimum atomic E-state index is -0.797. The number of benzene rings is 4. The average molecular weight is 637 g/mol. The van der Waals surface area contributed by atoms with Gasteiger partial charge in [-0.2, -0.15) is 0 Å². The van der Waals surface area contributed by atoms with Crippen LogP contribution in [0.15, 0.2) is 122 Å². The summed E-state index contributed by atoms with van der Waals surface area (Å²) in [6, 6.07) is 34.8. The van der Waals surface area contributed by atoms with Gasteiger partial charge in [0.05, 0.1) is 16.8 Å². The summed E-state index contributed by atoms with van der Waals surface area (Å²) in [5.41, 5.74) is 8.40. The van der Waals surface area contributed by atoms with E-state index < -0.39 is 17.0 Å². The third-order valence-corrected chi connectivity index (χ3v) is 9.38. The molecular weight excluding hydrogens is 598 g/mol. The third-order valence-electron chi connectivity index (χ3n) is 9.38. The first-order chi connectivity index (χ1) is 22.9. The van der Waals surface area contributed by atoms with Gasteiger partial charge in [-0.15, -0.1) is 0 Å². The molecule has 0 saturated heterocycles. The monoisotopic (exact) mass is 636 g/mol. The van der Waals surface area contributed by atoms with E-state index in [-0.39, 0.29) is 22.1 Å². The van der Waals surface area contributed by atoms with Crippen LogP contribution in [0.2, 0.25) is 0 Å². The second kappa shape index (κ2) is 11.5. The number of hydrogen-bond acceptors (Lipinski definition) is 3. The van der Waals surface area contributed by atoms with Crippen molar-refractivity contribution in [1.29, 1.82) is 0 Å². The quantitative estimate of drug-likeness (QED) is 0.189. The van der Waals surface area contributed by atoms with E-state index in [0.717, 1.165) is 39.6 Å². The third kappa shape index (κ3) is 5.28. The highest BCUT2D eigenvalue weighted by atomic mass is 19.1. The summed E-state index contributed by atoms with van der Waals surface area (Å²) in [4.78, 5) is 9.29. The predicted octanol–water partition coefficient (Wildman–Crippen LogP) is 11.2. The number of fused-ring (bicyclic) bond motifs is 3. The van der Waals surface area contributed by atoms with Gasteiger partial charge in [0.2, 0.25) is 0 Å². The molecule has 1 aliphatic rings. The SMILES string of the molecule is CC(C)(C)c1ccc2c(c1)C(c1cccc(Oc3cc(-c4ccccn4)c(F)cc3F)c1)(c1ccccn1)c1cc(C(C)(C)C)ccc1-2. The maximum atomic E-state index is 15.3. The zero-order chi connectivity index (χ0) is 33.8. The van der Waals surface area contributed by atoms with Crippen LogP contribution in [-0.2, 0) is 16.2 Å². The minimum Gasteiger partial charge on any atom is -0.454 e.